The van der Waals surface area contributed by atoms with Crippen LogP contribution in [-0.2, 0) is 0 Å². The van der Waals surface area contributed by atoms with Gasteiger partial charge in [-0.15, -0.1) is 0 Å². The second-order valence-corrected chi connectivity index (χ2v) is 12.3. The quantitative estimate of drug-likeness (QED) is 0.188. The van der Waals surface area contributed by atoms with Gasteiger partial charge in [-0.3, -0.25) is 9.97 Å². The van der Waals surface area contributed by atoms with Crippen LogP contribution in [0.25, 0.3) is 77.6 Å². The predicted molar refractivity (Wildman–Crippen MR) is 184 cm³/mol. The summed E-state index contributed by atoms with van der Waals surface area (Å²) in [4.78, 5) is 20.3. The zero-order valence-corrected chi connectivity index (χ0v) is 25.7. The second kappa shape index (κ2) is 10.6. The maximum absolute atomic E-state index is 6.29. The van der Waals surface area contributed by atoms with Gasteiger partial charge in [0, 0.05) is 38.7 Å². The smallest absolute Gasteiger partial charge is 0.180 e. The van der Waals surface area contributed by atoms with Crippen molar-refractivity contribution >= 4 is 43.9 Å². The van der Waals surface area contributed by atoms with Gasteiger partial charge in [0.1, 0.15) is 16.8 Å². The first-order valence-corrected chi connectivity index (χ1v) is 15.5. The Hall–Kier alpha value is -5.42. The Morgan fingerprint density at radius 2 is 1.20 bits per heavy atom. The average Bonchev–Trinajstić information content (AvgIpc) is 3.46. The lowest BCUT2D eigenvalue weighted by molar-refractivity contribution is 0.667. The highest BCUT2D eigenvalue weighted by molar-refractivity contribution is 6.09. The molecule has 4 aromatic heterocycles. The van der Waals surface area contributed by atoms with E-state index in [4.69, 9.17) is 24.4 Å². The molecule has 45 heavy (non-hydrogen) atoms. The van der Waals surface area contributed by atoms with Gasteiger partial charge >= 0.3 is 0 Å². The van der Waals surface area contributed by atoms with Crippen molar-refractivity contribution in [3.05, 3.63) is 121 Å². The van der Waals surface area contributed by atoms with Crippen molar-refractivity contribution in [3.8, 4) is 33.8 Å². The van der Waals surface area contributed by atoms with Crippen LogP contribution in [0.15, 0.2) is 114 Å². The zero-order valence-electron chi connectivity index (χ0n) is 25.7. The third kappa shape index (κ3) is 4.63. The minimum absolute atomic E-state index is 0.275. The summed E-state index contributed by atoms with van der Waals surface area (Å²) in [6, 6.07) is 37.6. The van der Waals surface area contributed by atoms with E-state index in [1.54, 1.807) is 0 Å². The topological polar surface area (TPSA) is 64.7 Å². The number of hydrogen-bond acceptors (Lipinski definition) is 5. The molecule has 0 unspecified atom stereocenters. The van der Waals surface area contributed by atoms with Crippen molar-refractivity contribution in [2.45, 2.75) is 39.5 Å². The standard InChI is InChI=1S/C40H32N4O/c1-23(2)32-21-19-27-18-20-29-31(22-33(24(3)4)42-37(29)35(27)41-32)25-14-16-28(17-15-25)40-43-36(26-10-6-5-7-11-26)39-38(44-40)30-12-8-9-13-34(30)45-39/h5-24H,1-4H3. The lowest BCUT2D eigenvalue weighted by Gasteiger charge is -2.15. The van der Waals surface area contributed by atoms with Crippen LogP contribution in [0.4, 0.5) is 0 Å². The molecule has 8 aromatic rings. The molecular weight excluding hydrogens is 552 g/mol. The number of aromatic nitrogens is 4. The molecule has 0 saturated heterocycles. The van der Waals surface area contributed by atoms with Gasteiger partial charge in [-0.25, -0.2) is 9.97 Å². The number of benzene rings is 4. The highest BCUT2D eigenvalue weighted by atomic mass is 16.3. The molecule has 0 radical (unpaired) electrons. The van der Waals surface area contributed by atoms with Crippen LogP contribution >= 0.6 is 0 Å². The molecule has 0 amide bonds. The number of hydrogen-bond donors (Lipinski definition) is 0. The molecule has 218 valence electrons. The molecule has 4 heterocycles. The first-order valence-electron chi connectivity index (χ1n) is 15.5. The number of rotatable bonds is 5. The molecule has 0 N–H and O–H groups in total. The largest absolute Gasteiger partial charge is 0.452 e. The van der Waals surface area contributed by atoms with Crippen molar-refractivity contribution in [1.29, 1.82) is 0 Å². The monoisotopic (exact) mass is 584 g/mol. The van der Waals surface area contributed by atoms with E-state index >= 15 is 0 Å². The molecule has 5 heteroatoms. The third-order valence-electron chi connectivity index (χ3n) is 8.58. The first-order chi connectivity index (χ1) is 21.9. The highest BCUT2D eigenvalue weighted by Crippen LogP contribution is 2.37. The number of pyridine rings is 2. The molecule has 0 atom stereocenters. The fourth-order valence-electron chi connectivity index (χ4n) is 6.07. The van der Waals surface area contributed by atoms with Gasteiger partial charge in [-0.2, -0.15) is 0 Å². The molecule has 0 bridgehead atoms. The molecule has 0 fully saturated rings. The van der Waals surface area contributed by atoms with E-state index < -0.39 is 0 Å². The van der Waals surface area contributed by atoms with E-state index in [2.05, 4.69) is 100 Å². The van der Waals surface area contributed by atoms with Crippen molar-refractivity contribution < 1.29 is 4.42 Å². The lowest BCUT2D eigenvalue weighted by Crippen LogP contribution is -1.99. The molecule has 0 saturated carbocycles. The van der Waals surface area contributed by atoms with Crippen LogP contribution < -0.4 is 0 Å². The van der Waals surface area contributed by atoms with Crippen LogP contribution in [0.2, 0.25) is 0 Å². The lowest BCUT2D eigenvalue weighted by atomic mass is 9.95. The van der Waals surface area contributed by atoms with E-state index in [0.29, 0.717) is 17.3 Å². The molecule has 0 aliphatic rings. The minimum atomic E-state index is 0.275. The first kappa shape index (κ1) is 27.2. The van der Waals surface area contributed by atoms with Crippen molar-refractivity contribution in [1.82, 2.24) is 19.9 Å². The summed E-state index contributed by atoms with van der Waals surface area (Å²) in [7, 11) is 0. The van der Waals surface area contributed by atoms with Gasteiger partial charge in [-0.05, 0) is 47.2 Å². The summed E-state index contributed by atoms with van der Waals surface area (Å²) in [6.45, 7) is 8.74. The van der Waals surface area contributed by atoms with Gasteiger partial charge in [0.25, 0.3) is 0 Å². The Labute approximate surface area is 261 Å². The fourth-order valence-corrected chi connectivity index (χ4v) is 6.07. The average molecular weight is 585 g/mol. The second-order valence-electron chi connectivity index (χ2n) is 12.3. The molecular formula is C40H32N4O. The Balaban J connectivity index is 1.29. The maximum Gasteiger partial charge on any atom is 0.180 e. The molecule has 0 aliphatic heterocycles. The van der Waals surface area contributed by atoms with Gasteiger partial charge in [0.05, 0.1) is 11.0 Å². The van der Waals surface area contributed by atoms with E-state index in [-0.39, 0.29) is 5.92 Å². The molecule has 8 rings (SSSR count). The van der Waals surface area contributed by atoms with Crippen molar-refractivity contribution in [3.63, 3.8) is 0 Å². The Morgan fingerprint density at radius 3 is 1.98 bits per heavy atom. The summed E-state index contributed by atoms with van der Waals surface area (Å²) in [5.74, 6) is 1.28. The van der Waals surface area contributed by atoms with Crippen LogP contribution in [0, 0.1) is 0 Å². The summed E-state index contributed by atoms with van der Waals surface area (Å²) in [5, 5.41) is 3.19. The fraction of sp³-hybridized carbons (Fsp3) is 0.150. The zero-order chi connectivity index (χ0) is 30.7. The van der Waals surface area contributed by atoms with Crippen LogP contribution in [0.3, 0.4) is 0 Å². The van der Waals surface area contributed by atoms with Gasteiger partial charge in [-0.1, -0.05) is 113 Å². The van der Waals surface area contributed by atoms with Crippen molar-refractivity contribution in [2.75, 3.05) is 0 Å². The Bertz CT molecular complexity index is 2370. The van der Waals surface area contributed by atoms with Crippen LogP contribution in [-0.4, -0.2) is 19.9 Å². The number of para-hydroxylation sites is 1. The molecule has 0 spiro atoms. The summed E-state index contributed by atoms with van der Waals surface area (Å²) >= 11 is 0. The molecule has 4 aromatic carbocycles. The number of nitrogens with zero attached hydrogens (tertiary/aromatic N) is 4. The normalized spacial score (nSPS) is 12.0. The number of furan rings is 1. The van der Waals surface area contributed by atoms with E-state index in [0.717, 1.165) is 77.6 Å². The van der Waals surface area contributed by atoms with Gasteiger partial charge in [0.2, 0.25) is 0 Å². The van der Waals surface area contributed by atoms with Crippen LogP contribution in [0.5, 0.6) is 0 Å². The van der Waals surface area contributed by atoms with Crippen molar-refractivity contribution in [2.24, 2.45) is 0 Å². The Kier molecular flexibility index (Phi) is 6.42. The Morgan fingerprint density at radius 1 is 0.511 bits per heavy atom. The molecule has 5 nitrogen and oxygen atoms in total. The highest BCUT2D eigenvalue weighted by Gasteiger charge is 2.19. The van der Waals surface area contributed by atoms with E-state index in [1.165, 1.54) is 0 Å². The van der Waals surface area contributed by atoms with E-state index in [1.807, 2.05) is 36.4 Å². The SMILES string of the molecule is CC(C)c1ccc2ccc3c(-c4ccc(-c5nc(-c6ccccc6)c6oc7ccccc7c6n5)cc4)cc(C(C)C)nc3c2n1. The minimum Gasteiger partial charge on any atom is -0.452 e. The third-order valence-corrected chi connectivity index (χ3v) is 8.58. The maximum atomic E-state index is 6.29. The predicted octanol–water partition coefficient (Wildman–Crippen LogP) is 10.7. The molecule has 0 aliphatic carbocycles. The van der Waals surface area contributed by atoms with Gasteiger partial charge < -0.3 is 4.42 Å². The summed E-state index contributed by atoms with van der Waals surface area (Å²) in [6.07, 6.45) is 0. The summed E-state index contributed by atoms with van der Waals surface area (Å²) in [5.41, 5.74) is 11.4. The van der Waals surface area contributed by atoms with Crippen LogP contribution in [0.1, 0.15) is 50.9 Å². The van der Waals surface area contributed by atoms with E-state index in [9.17, 15) is 0 Å². The number of fused-ring (bicyclic) bond motifs is 6. The summed E-state index contributed by atoms with van der Waals surface area (Å²) < 4.78 is 6.29. The van der Waals surface area contributed by atoms with Gasteiger partial charge in [0.15, 0.2) is 11.4 Å².